The van der Waals surface area contributed by atoms with Crippen molar-refractivity contribution in [3.63, 3.8) is 0 Å². The van der Waals surface area contributed by atoms with Crippen molar-refractivity contribution in [1.29, 1.82) is 0 Å². The molecule has 1 aromatic carbocycles. The van der Waals surface area contributed by atoms with Crippen LogP contribution in [0.1, 0.15) is 61.6 Å². The molecule has 2 heterocycles. The smallest absolute Gasteiger partial charge is 0.0486 e. The molecule has 158 valence electrons. The van der Waals surface area contributed by atoms with Crippen molar-refractivity contribution in [3.8, 4) is 0 Å². The highest BCUT2D eigenvalue weighted by atomic mass is 15.0. The molecule has 4 heteroatoms. The van der Waals surface area contributed by atoms with Gasteiger partial charge in [-0.15, -0.1) is 0 Å². The van der Waals surface area contributed by atoms with Gasteiger partial charge in [-0.25, -0.2) is 0 Å². The van der Waals surface area contributed by atoms with Crippen LogP contribution in [0.3, 0.4) is 0 Å². The standard InChI is InChI=1S/C26H34N4/c27-11-3-12-28-15-10-22(20-8-13-29-14-9-20)24-18-30(25-5-2-1-4-23(24)25)26-17-19-6-7-21(26)16-19/h1-2,4-5,8-9,13-14,18-19,21-22,26,28H,3,6-7,10-12,15-17,27H2. The van der Waals surface area contributed by atoms with E-state index < -0.39 is 0 Å². The lowest BCUT2D eigenvalue weighted by molar-refractivity contribution is 0.336. The summed E-state index contributed by atoms with van der Waals surface area (Å²) in [5, 5.41) is 5.01. The highest BCUT2D eigenvalue weighted by molar-refractivity contribution is 5.85. The van der Waals surface area contributed by atoms with Gasteiger partial charge in [0, 0.05) is 41.5 Å². The number of benzene rings is 1. The summed E-state index contributed by atoms with van der Waals surface area (Å²) in [6.07, 6.45) is 14.1. The minimum atomic E-state index is 0.378. The average molecular weight is 403 g/mol. The first-order valence-electron chi connectivity index (χ1n) is 11.8. The number of fused-ring (bicyclic) bond motifs is 3. The molecule has 0 aliphatic heterocycles. The molecule has 30 heavy (non-hydrogen) atoms. The zero-order valence-corrected chi connectivity index (χ0v) is 17.8. The molecule has 2 saturated carbocycles. The molecule has 0 spiro atoms. The van der Waals surface area contributed by atoms with E-state index >= 15 is 0 Å². The van der Waals surface area contributed by atoms with Gasteiger partial charge in [0.25, 0.3) is 0 Å². The molecule has 3 N–H and O–H groups in total. The molecule has 2 bridgehead atoms. The minimum absolute atomic E-state index is 0.378. The number of hydrogen-bond acceptors (Lipinski definition) is 3. The van der Waals surface area contributed by atoms with Crippen molar-refractivity contribution < 1.29 is 0 Å². The van der Waals surface area contributed by atoms with E-state index in [1.54, 1.807) is 0 Å². The zero-order valence-electron chi connectivity index (χ0n) is 17.8. The Kier molecular flexibility index (Phi) is 5.87. The Morgan fingerprint density at radius 3 is 2.70 bits per heavy atom. The summed E-state index contributed by atoms with van der Waals surface area (Å²) in [7, 11) is 0. The largest absolute Gasteiger partial charge is 0.344 e. The van der Waals surface area contributed by atoms with Crippen LogP contribution in [0, 0.1) is 11.8 Å². The predicted octanol–water partition coefficient (Wildman–Crippen LogP) is 4.86. The molecule has 5 rings (SSSR count). The fourth-order valence-corrected chi connectivity index (χ4v) is 6.03. The van der Waals surface area contributed by atoms with E-state index in [1.807, 2.05) is 12.4 Å². The van der Waals surface area contributed by atoms with Crippen molar-refractivity contribution >= 4 is 10.9 Å². The fraction of sp³-hybridized carbons (Fsp3) is 0.500. The number of nitrogens with zero attached hydrogens (tertiary/aromatic N) is 2. The molecule has 0 saturated heterocycles. The number of nitrogens with two attached hydrogens (primary N) is 1. The van der Waals surface area contributed by atoms with Gasteiger partial charge in [-0.2, -0.15) is 0 Å². The van der Waals surface area contributed by atoms with E-state index in [0.29, 0.717) is 12.0 Å². The molecule has 2 aliphatic rings. The average Bonchev–Trinajstić information content (AvgIpc) is 3.51. The second-order valence-corrected chi connectivity index (χ2v) is 9.27. The topological polar surface area (TPSA) is 55.9 Å². The molecule has 2 aliphatic carbocycles. The summed E-state index contributed by atoms with van der Waals surface area (Å²) >= 11 is 0. The second kappa shape index (κ2) is 8.91. The Labute approximate surface area is 179 Å². The Balaban J connectivity index is 1.50. The lowest BCUT2D eigenvalue weighted by Gasteiger charge is -2.24. The fourth-order valence-electron chi connectivity index (χ4n) is 6.03. The summed E-state index contributed by atoms with van der Waals surface area (Å²) in [5.74, 6) is 2.20. The van der Waals surface area contributed by atoms with Crippen LogP contribution < -0.4 is 11.1 Å². The van der Waals surface area contributed by atoms with E-state index in [0.717, 1.165) is 44.3 Å². The lowest BCUT2D eigenvalue weighted by atomic mass is 9.89. The molecule has 4 atom stereocenters. The number of hydrogen-bond donors (Lipinski definition) is 2. The minimum Gasteiger partial charge on any atom is -0.344 e. The van der Waals surface area contributed by atoms with Gasteiger partial charge in [0.15, 0.2) is 0 Å². The van der Waals surface area contributed by atoms with Gasteiger partial charge in [-0.3, -0.25) is 4.98 Å². The molecular weight excluding hydrogens is 368 g/mol. The van der Waals surface area contributed by atoms with Gasteiger partial charge >= 0.3 is 0 Å². The first-order chi connectivity index (χ1) is 14.8. The van der Waals surface area contributed by atoms with Crippen molar-refractivity contribution in [3.05, 3.63) is 66.1 Å². The Morgan fingerprint density at radius 1 is 1.07 bits per heavy atom. The summed E-state index contributed by atoms with van der Waals surface area (Å²) in [4.78, 5) is 4.26. The van der Waals surface area contributed by atoms with Crippen LogP contribution in [-0.4, -0.2) is 29.2 Å². The van der Waals surface area contributed by atoms with Crippen LogP contribution in [0.2, 0.25) is 0 Å². The molecule has 0 radical (unpaired) electrons. The van der Waals surface area contributed by atoms with Crippen molar-refractivity contribution in [2.45, 2.75) is 50.5 Å². The normalized spacial score (nSPS) is 24.0. The predicted molar refractivity (Wildman–Crippen MR) is 124 cm³/mol. The number of pyridine rings is 1. The van der Waals surface area contributed by atoms with E-state index in [-0.39, 0.29) is 0 Å². The van der Waals surface area contributed by atoms with Crippen LogP contribution in [0.5, 0.6) is 0 Å². The first kappa shape index (κ1) is 19.8. The van der Waals surface area contributed by atoms with Crippen LogP contribution in [0.15, 0.2) is 55.0 Å². The highest BCUT2D eigenvalue weighted by Gasteiger charge is 2.41. The molecule has 3 aromatic rings. The lowest BCUT2D eigenvalue weighted by Crippen LogP contribution is -2.21. The van der Waals surface area contributed by atoms with Gasteiger partial charge in [-0.05, 0) is 92.9 Å². The summed E-state index contributed by atoms with van der Waals surface area (Å²) in [6.45, 7) is 2.74. The zero-order chi connectivity index (χ0) is 20.3. The van der Waals surface area contributed by atoms with Crippen molar-refractivity contribution in [2.75, 3.05) is 19.6 Å². The maximum absolute atomic E-state index is 5.65. The SMILES string of the molecule is NCCCNCCC(c1ccncc1)c1cn(C2CC3CCC2C3)c2ccccc12. The third-order valence-electron chi connectivity index (χ3n) is 7.48. The number of rotatable bonds is 9. The van der Waals surface area contributed by atoms with Crippen LogP contribution in [0.25, 0.3) is 10.9 Å². The number of aromatic nitrogens is 2. The quantitative estimate of drug-likeness (QED) is 0.503. The molecule has 0 amide bonds. The van der Waals surface area contributed by atoms with Gasteiger partial charge < -0.3 is 15.6 Å². The molecule has 4 nitrogen and oxygen atoms in total. The van der Waals surface area contributed by atoms with Crippen molar-refractivity contribution in [2.24, 2.45) is 17.6 Å². The summed E-state index contributed by atoms with van der Waals surface area (Å²) in [6, 6.07) is 14.1. The monoisotopic (exact) mass is 402 g/mol. The molecule has 2 fully saturated rings. The second-order valence-electron chi connectivity index (χ2n) is 9.27. The van der Waals surface area contributed by atoms with Gasteiger partial charge in [0.05, 0.1) is 0 Å². The third-order valence-corrected chi connectivity index (χ3v) is 7.48. The Hall–Kier alpha value is -2.17. The molecule has 4 unspecified atom stereocenters. The van der Waals surface area contributed by atoms with E-state index in [4.69, 9.17) is 5.73 Å². The van der Waals surface area contributed by atoms with E-state index in [9.17, 15) is 0 Å². The van der Waals surface area contributed by atoms with Crippen molar-refractivity contribution in [1.82, 2.24) is 14.9 Å². The maximum Gasteiger partial charge on any atom is 0.0486 e. The Morgan fingerprint density at radius 2 is 1.93 bits per heavy atom. The van der Waals surface area contributed by atoms with Gasteiger partial charge in [-0.1, -0.05) is 24.6 Å². The first-order valence-corrected chi connectivity index (χ1v) is 11.8. The highest BCUT2D eigenvalue weighted by Crippen LogP contribution is 2.52. The maximum atomic E-state index is 5.65. The summed E-state index contributed by atoms with van der Waals surface area (Å²) < 4.78 is 2.64. The molecular formula is C26H34N4. The third kappa shape index (κ3) is 3.79. The summed E-state index contributed by atoms with van der Waals surface area (Å²) in [5.41, 5.74) is 9.91. The number of nitrogens with one attached hydrogen (secondary N) is 1. The Bertz CT molecular complexity index is 964. The van der Waals surface area contributed by atoms with Crippen LogP contribution in [-0.2, 0) is 0 Å². The molecule has 2 aromatic heterocycles. The van der Waals surface area contributed by atoms with Gasteiger partial charge in [0.1, 0.15) is 0 Å². The number of para-hydroxylation sites is 1. The van der Waals surface area contributed by atoms with Gasteiger partial charge in [0.2, 0.25) is 0 Å². The van der Waals surface area contributed by atoms with Crippen LogP contribution in [0.4, 0.5) is 0 Å². The van der Waals surface area contributed by atoms with E-state index in [1.165, 1.54) is 47.7 Å². The van der Waals surface area contributed by atoms with E-state index in [2.05, 4.69) is 57.5 Å². The van der Waals surface area contributed by atoms with Crippen LogP contribution >= 0.6 is 0 Å².